The van der Waals surface area contributed by atoms with Gasteiger partial charge in [-0.1, -0.05) is 0 Å². The first kappa shape index (κ1) is 6.54. The molecule has 0 spiro atoms. The first-order valence-corrected chi connectivity index (χ1v) is 2.50. The van der Waals surface area contributed by atoms with Crippen LogP contribution in [0.4, 0.5) is 0 Å². The molecular formula is C6H3O4-. The number of hydrogen-bond donors (Lipinski definition) is 0. The Bertz CT molecular complexity index is 299. The van der Waals surface area contributed by atoms with Crippen molar-refractivity contribution in [3.63, 3.8) is 0 Å². The van der Waals surface area contributed by atoms with Gasteiger partial charge >= 0.3 is 5.63 Å². The first-order chi connectivity index (χ1) is 4.70. The van der Waals surface area contributed by atoms with Gasteiger partial charge < -0.3 is 14.3 Å². The van der Waals surface area contributed by atoms with Crippen LogP contribution in [0.3, 0.4) is 0 Å². The molecule has 0 unspecified atom stereocenters. The van der Waals surface area contributed by atoms with Gasteiger partial charge in [-0.15, -0.1) is 0 Å². The van der Waals surface area contributed by atoms with Gasteiger partial charge in [0, 0.05) is 11.6 Å². The minimum absolute atomic E-state index is 0.170. The van der Waals surface area contributed by atoms with Crippen LogP contribution in [0.2, 0.25) is 0 Å². The molecule has 0 aliphatic rings. The highest BCUT2D eigenvalue weighted by molar-refractivity contribution is 5.85. The van der Waals surface area contributed by atoms with Crippen molar-refractivity contribution in [2.75, 3.05) is 0 Å². The van der Waals surface area contributed by atoms with E-state index in [0.717, 1.165) is 18.4 Å². The van der Waals surface area contributed by atoms with E-state index >= 15 is 0 Å². The van der Waals surface area contributed by atoms with Crippen LogP contribution < -0.4 is 10.7 Å². The van der Waals surface area contributed by atoms with Gasteiger partial charge in [0.2, 0.25) is 0 Å². The van der Waals surface area contributed by atoms with E-state index in [4.69, 9.17) is 0 Å². The summed E-state index contributed by atoms with van der Waals surface area (Å²) in [7, 11) is 0. The standard InChI is InChI=1S/C6H4O4/c7-5-3-4(6(8)9)1-2-10-5/h1-3H,(H,8,9)/p-1. The van der Waals surface area contributed by atoms with Crippen LogP contribution in [0.5, 0.6) is 0 Å². The van der Waals surface area contributed by atoms with Crippen molar-refractivity contribution < 1.29 is 14.3 Å². The second-order valence-electron chi connectivity index (χ2n) is 1.63. The number of carbonyl (C=O) groups is 1. The van der Waals surface area contributed by atoms with Gasteiger partial charge in [-0.2, -0.15) is 0 Å². The third kappa shape index (κ3) is 1.22. The number of hydrogen-bond acceptors (Lipinski definition) is 4. The Balaban J connectivity index is 3.20. The number of carboxylic acid groups (broad SMARTS) is 1. The zero-order valence-corrected chi connectivity index (χ0v) is 4.87. The fourth-order valence-electron chi connectivity index (χ4n) is 0.510. The summed E-state index contributed by atoms with van der Waals surface area (Å²) in [5.41, 5.74) is -0.863. The topological polar surface area (TPSA) is 70.3 Å². The molecule has 0 fully saturated rings. The van der Waals surface area contributed by atoms with Crippen molar-refractivity contribution >= 4 is 5.97 Å². The molecule has 1 aromatic heterocycles. The molecule has 0 bridgehead atoms. The summed E-state index contributed by atoms with van der Waals surface area (Å²) in [4.78, 5) is 20.4. The Hall–Kier alpha value is -1.58. The van der Waals surface area contributed by atoms with Crippen LogP contribution in [-0.4, -0.2) is 5.97 Å². The smallest absolute Gasteiger partial charge is 0.336 e. The Morgan fingerprint density at radius 1 is 1.60 bits per heavy atom. The lowest BCUT2D eigenvalue weighted by atomic mass is 10.3. The van der Waals surface area contributed by atoms with Gasteiger partial charge in [-0.05, 0) is 6.07 Å². The van der Waals surface area contributed by atoms with Crippen molar-refractivity contribution in [1.82, 2.24) is 0 Å². The Kier molecular flexibility index (Phi) is 1.53. The molecule has 1 aromatic rings. The minimum atomic E-state index is -1.38. The SMILES string of the molecule is O=C([O-])c1ccoc(=O)c1. The summed E-state index contributed by atoms with van der Waals surface area (Å²) in [5, 5.41) is 10.1. The number of aromatic carboxylic acids is 1. The Labute approximate surface area is 55.7 Å². The molecule has 4 nitrogen and oxygen atoms in total. The van der Waals surface area contributed by atoms with Gasteiger partial charge in [-0.25, -0.2) is 4.79 Å². The van der Waals surface area contributed by atoms with Gasteiger partial charge in [0.15, 0.2) is 0 Å². The highest BCUT2D eigenvalue weighted by Crippen LogP contribution is 1.89. The quantitative estimate of drug-likeness (QED) is 0.500. The van der Waals surface area contributed by atoms with Gasteiger partial charge in [0.25, 0.3) is 0 Å². The van der Waals surface area contributed by atoms with Gasteiger partial charge in [0.1, 0.15) is 0 Å². The van der Waals surface area contributed by atoms with Gasteiger partial charge in [0.05, 0.1) is 12.2 Å². The molecule has 0 radical (unpaired) electrons. The third-order valence-electron chi connectivity index (χ3n) is 0.941. The Morgan fingerprint density at radius 2 is 2.30 bits per heavy atom. The average Bonchev–Trinajstić information content (AvgIpc) is 1.88. The van der Waals surface area contributed by atoms with Crippen molar-refractivity contribution in [2.24, 2.45) is 0 Å². The van der Waals surface area contributed by atoms with Crippen LogP contribution >= 0.6 is 0 Å². The molecule has 1 heterocycles. The molecule has 0 atom stereocenters. The van der Waals surface area contributed by atoms with E-state index in [9.17, 15) is 14.7 Å². The molecule has 1 rings (SSSR count). The number of carboxylic acids is 1. The maximum absolute atomic E-state index is 10.3. The third-order valence-corrected chi connectivity index (χ3v) is 0.941. The van der Waals surface area contributed by atoms with E-state index in [2.05, 4.69) is 4.42 Å². The van der Waals surface area contributed by atoms with Crippen molar-refractivity contribution in [2.45, 2.75) is 0 Å². The van der Waals surface area contributed by atoms with Crippen molar-refractivity contribution in [3.8, 4) is 0 Å². The Morgan fingerprint density at radius 3 is 2.70 bits per heavy atom. The van der Waals surface area contributed by atoms with Crippen LogP contribution in [0, 0.1) is 0 Å². The summed E-state index contributed by atoms with van der Waals surface area (Å²) >= 11 is 0. The second-order valence-corrected chi connectivity index (χ2v) is 1.63. The molecule has 10 heavy (non-hydrogen) atoms. The summed E-state index contributed by atoms with van der Waals surface area (Å²) in [5.74, 6) is -1.38. The van der Waals surface area contributed by atoms with Gasteiger partial charge in [-0.3, -0.25) is 0 Å². The normalized spacial score (nSPS) is 9.20. The zero-order chi connectivity index (χ0) is 7.56. The van der Waals surface area contributed by atoms with Crippen molar-refractivity contribution in [3.05, 3.63) is 34.4 Å². The van der Waals surface area contributed by atoms with E-state index in [1.807, 2.05) is 0 Å². The maximum atomic E-state index is 10.3. The second kappa shape index (κ2) is 2.34. The number of rotatable bonds is 1. The van der Waals surface area contributed by atoms with Crippen LogP contribution in [0.25, 0.3) is 0 Å². The summed E-state index contributed by atoms with van der Waals surface area (Å²) in [6.07, 6.45) is 1.01. The minimum Gasteiger partial charge on any atom is -0.545 e. The van der Waals surface area contributed by atoms with E-state index in [1.54, 1.807) is 0 Å². The molecule has 0 N–H and O–H groups in total. The van der Waals surface area contributed by atoms with E-state index in [0.29, 0.717) is 0 Å². The largest absolute Gasteiger partial charge is 0.545 e. The maximum Gasteiger partial charge on any atom is 0.336 e. The molecular weight excluding hydrogens is 136 g/mol. The molecule has 0 aliphatic carbocycles. The van der Waals surface area contributed by atoms with E-state index in [1.165, 1.54) is 0 Å². The molecule has 0 saturated heterocycles. The summed E-state index contributed by atoms with van der Waals surface area (Å²) < 4.78 is 4.27. The first-order valence-electron chi connectivity index (χ1n) is 2.50. The predicted molar refractivity (Wildman–Crippen MR) is 29.3 cm³/mol. The molecule has 0 saturated carbocycles. The zero-order valence-electron chi connectivity index (χ0n) is 4.87. The highest BCUT2D eigenvalue weighted by atomic mass is 16.4. The fourth-order valence-corrected chi connectivity index (χ4v) is 0.510. The van der Waals surface area contributed by atoms with E-state index < -0.39 is 11.6 Å². The lowest BCUT2D eigenvalue weighted by Crippen LogP contribution is -2.23. The molecule has 52 valence electrons. The number of carbonyl (C=O) groups excluding carboxylic acids is 1. The van der Waals surface area contributed by atoms with Crippen LogP contribution in [-0.2, 0) is 0 Å². The average molecular weight is 139 g/mol. The fraction of sp³-hybridized carbons (Fsp3) is 0. The van der Waals surface area contributed by atoms with Crippen LogP contribution in [0.1, 0.15) is 10.4 Å². The highest BCUT2D eigenvalue weighted by Gasteiger charge is 1.92. The lowest BCUT2D eigenvalue weighted by Gasteiger charge is -1.96. The lowest BCUT2D eigenvalue weighted by molar-refractivity contribution is -0.255. The van der Waals surface area contributed by atoms with Crippen LogP contribution in [0.15, 0.2) is 27.6 Å². The molecule has 0 amide bonds. The molecule has 0 aromatic carbocycles. The molecule has 0 aliphatic heterocycles. The molecule has 4 heteroatoms. The van der Waals surface area contributed by atoms with Crippen molar-refractivity contribution in [1.29, 1.82) is 0 Å². The van der Waals surface area contributed by atoms with E-state index in [-0.39, 0.29) is 5.56 Å². The monoisotopic (exact) mass is 139 g/mol. The predicted octanol–water partition coefficient (Wildman–Crippen LogP) is -0.997. The summed E-state index contributed by atoms with van der Waals surface area (Å²) in [6.45, 7) is 0. The summed E-state index contributed by atoms with van der Waals surface area (Å²) in [6, 6.07) is 2.01.